The van der Waals surface area contributed by atoms with E-state index in [1.807, 2.05) is 60.7 Å². The molecule has 0 aliphatic carbocycles. The molecule has 30 heavy (non-hydrogen) atoms. The smallest absolute Gasteiger partial charge is 0.339 e. The van der Waals surface area contributed by atoms with Crippen LogP contribution in [0, 0.1) is 0 Å². The van der Waals surface area contributed by atoms with Gasteiger partial charge in [-0.15, -0.1) is 0 Å². The van der Waals surface area contributed by atoms with E-state index in [1.165, 1.54) is 15.5 Å². The summed E-state index contributed by atoms with van der Waals surface area (Å²) in [4.78, 5) is 26.1. The largest absolute Gasteiger partial charge is 0.439 e. The summed E-state index contributed by atoms with van der Waals surface area (Å²) < 4.78 is 8.69. The second-order valence-corrected chi connectivity index (χ2v) is 6.49. The molecule has 3 aromatic heterocycles. The van der Waals surface area contributed by atoms with Crippen LogP contribution >= 0.6 is 0 Å². The maximum atomic E-state index is 13.4. The van der Waals surface area contributed by atoms with Crippen molar-refractivity contribution in [3.05, 3.63) is 95.8 Å². The molecular formula is C22H16N6O2. The summed E-state index contributed by atoms with van der Waals surface area (Å²) in [6.45, 7) is 0. The summed E-state index contributed by atoms with van der Waals surface area (Å²) in [7, 11) is 0. The molecule has 2 aromatic carbocycles. The highest BCUT2D eigenvalue weighted by atomic mass is 16.5. The van der Waals surface area contributed by atoms with Crippen LogP contribution < -0.4 is 16.2 Å². The lowest BCUT2D eigenvalue weighted by atomic mass is 10.3. The fraction of sp³-hybridized carbons (Fsp3) is 0. The zero-order valence-corrected chi connectivity index (χ0v) is 15.7. The van der Waals surface area contributed by atoms with Gasteiger partial charge in [0.25, 0.3) is 0 Å². The number of nitrogen functional groups attached to an aromatic ring is 1. The minimum atomic E-state index is -0.318. The second-order valence-electron chi connectivity index (χ2n) is 6.49. The Labute approximate surface area is 170 Å². The summed E-state index contributed by atoms with van der Waals surface area (Å²) in [5.74, 6) is 1.29. The molecule has 0 aliphatic heterocycles. The predicted molar refractivity (Wildman–Crippen MR) is 113 cm³/mol. The Balaban J connectivity index is 1.64. The van der Waals surface area contributed by atoms with Crippen LogP contribution in [0.25, 0.3) is 22.5 Å². The first-order valence-corrected chi connectivity index (χ1v) is 9.21. The van der Waals surface area contributed by atoms with Gasteiger partial charge in [-0.2, -0.15) is 0 Å². The number of para-hydroxylation sites is 2. The fourth-order valence-electron chi connectivity index (χ4n) is 3.27. The molecule has 0 bridgehead atoms. The topological polar surface area (TPSA) is 101 Å². The van der Waals surface area contributed by atoms with Gasteiger partial charge < -0.3 is 10.5 Å². The van der Waals surface area contributed by atoms with Crippen molar-refractivity contribution in [2.75, 3.05) is 5.73 Å². The van der Waals surface area contributed by atoms with E-state index in [1.54, 1.807) is 18.3 Å². The highest BCUT2D eigenvalue weighted by Gasteiger charge is 2.20. The molecule has 0 amide bonds. The number of fused-ring (bicyclic) bond motifs is 1. The highest BCUT2D eigenvalue weighted by Crippen LogP contribution is 2.24. The molecular weight excluding hydrogens is 380 g/mol. The van der Waals surface area contributed by atoms with Gasteiger partial charge in [-0.25, -0.2) is 24.3 Å². The van der Waals surface area contributed by atoms with Crippen LogP contribution in [0.15, 0.2) is 90.1 Å². The summed E-state index contributed by atoms with van der Waals surface area (Å²) in [5, 5.41) is 0. The first-order valence-electron chi connectivity index (χ1n) is 9.21. The van der Waals surface area contributed by atoms with E-state index in [4.69, 9.17) is 10.5 Å². The van der Waals surface area contributed by atoms with E-state index < -0.39 is 0 Å². The molecule has 0 spiro atoms. The number of pyridine rings is 1. The van der Waals surface area contributed by atoms with Gasteiger partial charge >= 0.3 is 5.69 Å². The standard InChI is InChI=1S/C22H16N6O2/c23-20-19-21(26-14-25-20)28(15-7-3-1-4-8-15)22(29)27(19)16-11-12-18(24-13-16)30-17-9-5-2-6-10-17/h1-14H,(H2,23,25,26). The van der Waals surface area contributed by atoms with Crippen LogP contribution in [0.5, 0.6) is 11.6 Å². The van der Waals surface area contributed by atoms with E-state index in [0.717, 1.165) is 0 Å². The minimum absolute atomic E-state index is 0.205. The second kappa shape index (κ2) is 7.17. The number of nitrogens with two attached hydrogens (primary N) is 1. The van der Waals surface area contributed by atoms with E-state index in [0.29, 0.717) is 34.2 Å². The Bertz CT molecular complexity index is 1380. The minimum Gasteiger partial charge on any atom is -0.439 e. The molecule has 0 fully saturated rings. The molecule has 0 saturated carbocycles. The van der Waals surface area contributed by atoms with Gasteiger partial charge in [0.15, 0.2) is 11.5 Å². The first kappa shape index (κ1) is 17.6. The number of aromatic nitrogens is 5. The summed E-state index contributed by atoms with van der Waals surface area (Å²) in [6, 6.07) is 22.0. The molecule has 0 saturated heterocycles. The molecule has 5 rings (SSSR count). The fourth-order valence-corrected chi connectivity index (χ4v) is 3.27. The summed E-state index contributed by atoms with van der Waals surface area (Å²) >= 11 is 0. The lowest BCUT2D eigenvalue weighted by molar-refractivity contribution is 0.463. The van der Waals surface area contributed by atoms with E-state index in [9.17, 15) is 4.79 Å². The van der Waals surface area contributed by atoms with E-state index >= 15 is 0 Å². The molecule has 0 atom stereocenters. The van der Waals surface area contributed by atoms with Crippen molar-refractivity contribution in [2.24, 2.45) is 0 Å². The maximum absolute atomic E-state index is 13.4. The van der Waals surface area contributed by atoms with Crippen molar-refractivity contribution in [3.63, 3.8) is 0 Å². The highest BCUT2D eigenvalue weighted by molar-refractivity contribution is 5.85. The Morgan fingerprint density at radius 3 is 2.20 bits per heavy atom. The van der Waals surface area contributed by atoms with Crippen LogP contribution in [-0.4, -0.2) is 24.1 Å². The first-order chi connectivity index (χ1) is 14.7. The van der Waals surface area contributed by atoms with Gasteiger partial charge in [-0.1, -0.05) is 36.4 Å². The predicted octanol–water partition coefficient (Wildman–Crippen LogP) is 3.34. The zero-order chi connectivity index (χ0) is 20.5. The number of hydrogen-bond donors (Lipinski definition) is 1. The van der Waals surface area contributed by atoms with Gasteiger partial charge in [0.2, 0.25) is 5.88 Å². The van der Waals surface area contributed by atoms with Crippen molar-refractivity contribution < 1.29 is 4.74 Å². The average Bonchev–Trinajstić information content (AvgIpc) is 3.09. The van der Waals surface area contributed by atoms with Crippen molar-refractivity contribution in [1.82, 2.24) is 24.1 Å². The Morgan fingerprint density at radius 2 is 1.50 bits per heavy atom. The van der Waals surface area contributed by atoms with Crippen molar-refractivity contribution in [1.29, 1.82) is 0 Å². The van der Waals surface area contributed by atoms with E-state index in [-0.39, 0.29) is 11.5 Å². The third kappa shape index (κ3) is 2.96. The van der Waals surface area contributed by atoms with Gasteiger partial charge in [0.1, 0.15) is 17.6 Å². The quantitative estimate of drug-likeness (QED) is 0.500. The van der Waals surface area contributed by atoms with Gasteiger partial charge in [-0.05, 0) is 30.3 Å². The van der Waals surface area contributed by atoms with Gasteiger partial charge in [0.05, 0.1) is 17.6 Å². The molecule has 3 heterocycles. The van der Waals surface area contributed by atoms with Gasteiger partial charge in [-0.3, -0.25) is 4.57 Å². The van der Waals surface area contributed by atoms with Crippen molar-refractivity contribution in [3.8, 4) is 23.0 Å². The molecule has 5 aromatic rings. The number of anilines is 1. The van der Waals surface area contributed by atoms with Gasteiger partial charge in [0, 0.05) is 6.07 Å². The summed E-state index contributed by atoms with van der Waals surface area (Å²) in [6.07, 6.45) is 2.90. The third-order valence-electron chi connectivity index (χ3n) is 4.61. The molecule has 8 heteroatoms. The number of rotatable bonds is 4. The number of hydrogen-bond acceptors (Lipinski definition) is 6. The lowest BCUT2D eigenvalue weighted by Gasteiger charge is -2.07. The average molecular weight is 396 g/mol. The lowest BCUT2D eigenvalue weighted by Crippen LogP contribution is -2.22. The number of nitrogens with zero attached hydrogens (tertiary/aromatic N) is 5. The van der Waals surface area contributed by atoms with Crippen molar-refractivity contribution >= 4 is 17.0 Å². The van der Waals surface area contributed by atoms with Crippen LogP contribution in [0.3, 0.4) is 0 Å². The maximum Gasteiger partial charge on any atom is 0.339 e. The van der Waals surface area contributed by atoms with Crippen LogP contribution in [-0.2, 0) is 0 Å². The molecule has 0 radical (unpaired) electrons. The van der Waals surface area contributed by atoms with Crippen molar-refractivity contribution in [2.45, 2.75) is 0 Å². The molecule has 0 unspecified atom stereocenters. The normalized spacial score (nSPS) is 10.9. The Hall–Kier alpha value is -4.46. The van der Waals surface area contributed by atoms with Crippen LogP contribution in [0.1, 0.15) is 0 Å². The number of imidazole rings is 1. The molecule has 2 N–H and O–H groups in total. The zero-order valence-electron chi connectivity index (χ0n) is 15.7. The molecule has 0 aliphatic rings. The molecule has 146 valence electrons. The number of ether oxygens (including phenoxy) is 1. The number of benzene rings is 2. The monoisotopic (exact) mass is 396 g/mol. The molecule has 8 nitrogen and oxygen atoms in total. The Kier molecular flexibility index (Phi) is 4.21. The summed E-state index contributed by atoms with van der Waals surface area (Å²) in [5.41, 5.74) is 7.85. The SMILES string of the molecule is Nc1ncnc2c1n(-c1ccc(Oc3ccccc3)nc1)c(=O)n2-c1ccccc1. The third-order valence-corrected chi connectivity index (χ3v) is 4.61. The van der Waals surface area contributed by atoms with E-state index in [2.05, 4.69) is 15.0 Å². The Morgan fingerprint density at radius 1 is 0.767 bits per heavy atom. The van der Waals surface area contributed by atoms with Crippen LogP contribution in [0.4, 0.5) is 5.82 Å². The van der Waals surface area contributed by atoms with Crippen LogP contribution in [0.2, 0.25) is 0 Å².